The predicted octanol–water partition coefficient (Wildman–Crippen LogP) is 3.89. The van der Waals surface area contributed by atoms with Crippen LogP contribution >= 0.6 is 35.0 Å². The molecule has 0 aliphatic rings. The van der Waals surface area contributed by atoms with Crippen molar-refractivity contribution in [2.24, 2.45) is 7.05 Å². The van der Waals surface area contributed by atoms with E-state index in [4.69, 9.17) is 27.9 Å². The van der Waals surface area contributed by atoms with Crippen molar-refractivity contribution in [1.82, 2.24) is 14.8 Å². The second-order valence-corrected chi connectivity index (χ2v) is 5.50. The van der Waals surface area contributed by atoms with E-state index >= 15 is 0 Å². The van der Waals surface area contributed by atoms with Crippen LogP contribution in [-0.4, -0.2) is 20.5 Å². The van der Waals surface area contributed by atoms with E-state index in [9.17, 15) is 0 Å². The first-order valence-corrected chi connectivity index (χ1v) is 7.66. The molecule has 0 bridgehead atoms. The van der Waals surface area contributed by atoms with Gasteiger partial charge in [-0.15, -0.1) is 10.2 Å². The molecule has 0 aliphatic heterocycles. The third-order valence-electron chi connectivity index (χ3n) is 2.52. The van der Waals surface area contributed by atoms with Gasteiger partial charge in [0.25, 0.3) is 0 Å². The molecule has 7 heteroatoms. The topological polar surface area (TPSA) is 39.9 Å². The summed E-state index contributed by atoms with van der Waals surface area (Å²) < 4.78 is 7.54. The zero-order valence-corrected chi connectivity index (χ0v) is 13.1. The monoisotopic (exact) mass is 329 g/mol. The van der Waals surface area contributed by atoms with Gasteiger partial charge in [0, 0.05) is 18.3 Å². The molecule has 106 valence electrons. The number of nitrogens with zero attached hydrogens (tertiary/aromatic N) is 3. The van der Waals surface area contributed by atoms with Crippen LogP contribution in [0.5, 0.6) is 5.75 Å². The molecule has 0 radical (unpaired) electrons. The van der Waals surface area contributed by atoms with Crippen molar-refractivity contribution >= 4 is 35.0 Å². The Balaban J connectivity index is 1.98. The van der Waals surface area contributed by atoms with Gasteiger partial charge in [0.15, 0.2) is 11.0 Å². The molecule has 0 fully saturated rings. The van der Waals surface area contributed by atoms with Crippen LogP contribution in [0.4, 0.5) is 0 Å². The molecule has 0 atom stereocenters. The molecule has 0 spiro atoms. The highest BCUT2D eigenvalue weighted by molar-refractivity contribution is 7.99. The van der Waals surface area contributed by atoms with Gasteiger partial charge in [-0.3, -0.25) is 0 Å². The van der Waals surface area contributed by atoms with Crippen LogP contribution < -0.4 is 4.74 Å². The first-order chi connectivity index (χ1) is 9.72. The van der Waals surface area contributed by atoms with Crippen molar-refractivity contribution in [3.63, 3.8) is 0 Å². The van der Waals surface area contributed by atoms with Gasteiger partial charge in [0.1, 0.15) is 12.4 Å². The number of halogens is 2. The standard InChI is InChI=1S/C13H13Cl2N3OS/c1-18-12(16-17-13(18)20-8-4-7-14)9-19-11-6-3-2-5-10(11)15/h2-7H,8-9H2,1H3. The Kier molecular flexibility index (Phi) is 5.76. The molecule has 20 heavy (non-hydrogen) atoms. The van der Waals surface area contributed by atoms with Gasteiger partial charge in [-0.05, 0) is 12.1 Å². The van der Waals surface area contributed by atoms with E-state index in [-0.39, 0.29) is 0 Å². The fourth-order valence-electron chi connectivity index (χ4n) is 1.46. The predicted molar refractivity (Wildman–Crippen MR) is 82.5 cm³/mol. The van der Waals surface area contributed by atoms with Crippen molar-refractivity contribution in [3.05, 3.63) is 46.7 Å². The van der Waals surface area contributed by atoms with Crippen LogP contribution in [0.25, 0.3) is 0 Å². The molecule has 0 N–H and O–H groups in total. The van der Waals surface area contributed by atoms with Crippen LogP contribution in [0.3, 0.4) is 0 Å². The van der Waals surface area contributed by atoms with Crippen molar-refractivity contribution in [1.29, 1.82) is 0 Å². The average Bonchev–Trinajstić information content (AvgIpc) is 2.80. The Labute approximate surface area is 131 Å². The smallest absolute Gasteiger partial charge is 0.191 e. The van der Waals surface area contributed by atoms with Gasteiger partial charge < -0.3 is 9.30 Å². The summed E-state index contributed by atoms with van der Waals surface area (Å²) >= 11 is 13.1. The molecule has 0 unspecified atom stereocenters. The fourth-order valence-corrected chi connectivity index (χ4v) is 2.58. The van der Waals surface area contributed by atoms with Crippen molar-refractivity contribution < 1.29 is 4.74 Å². The second-order valence-electron chi connectivity index (χ2n) is 3.85. The van der Waals surface area contributed by atoms with Crippen LogP contribution in [0.2, 0.25) is 5.02 Å². The third-order valence-corrected chi connectivity index (χ3v) is 3.98. The number of hydrogen-bond acceptors (Lipinski definition) is 4. The van der Waals surface area contributed by atoms with E-state index in [0.29, 0.717) is 17.4 Å². The first kappa shape index (κ1) is 15.2. The first-order valence-electron chi connectivity index (χ1n) is 5.86. The summed E-state index contributed by atoms with van der Waals surface area (Å²) in [7, 11) is 1.90. The summed E-state index contributed by atoms with van der Waals surface area (Å²) in [5, 5.41) is 9.61. The number of aromatic nitrogens is 3. The molecule has 0 amide bonds. The number of hydrogen-bond donors (Lipinski definition) is 0. The average molecular weight is 330 g/mol. The highest BCUT2D eigenvalue weighted by Crippen LogP contribution is 2.24. The highest BCUT2D eigenvalue weighted by atomic mass is 35.5. The molecule has 2 aromatic rings. The van der Waals surface area contributed by atoms with Gasteiger partial charge >= 0.3 is 0 Å². The second kappa shape index (κ2) is 7.57. The molecule has 1 aromatic carbocycles. The van der Waals surface area contributed by atoms with Gasteiger partial charge in [-0.2, -0.15) is 0 Å². The van der Waals surface area contributed by atoms with Gasteiger partial charge in [-0.25, -0.2) is 0 Å². The molecule has 0 saturated heterocycles. The number of ether oxygens (including phenoxy) is 1. The Morgan fingerprint density at radius 2 is 2.15 bits per heavy atom. The minimum atomic E-state index is 0.319. The summed E-state index contributed by atoms with van der Waals surface area (Å²) in [5.74, 6) is 2.12. The number of benzene rings is 1. The maximum atomic E-state index is 6.03. The lowest BCUT2D eigenvalue weighted by molar-refractivity contribution is 0.290. The number of rotatable bonds is 6. The van der Waals surface area contributed by atoms with Crippen molar-refractivity contribution in [3.8, 4) is 5.75 Å². The quantitative estimate of drug-likeness (QED) is 0.754. The highest BCUT2D eigenvalue weighted by Gasteiger charge is 2.10. The van der Waals surface area contributed by atoms with Crippen molar-refractivity contribution in [2.45, 2.75) is 11.8 Å². The Morgan fingerprint density at radius 1 is 1.35 bits per heavy atom. The van der Waals surface area contributed by atoms with E-state index in [1.165, 1.54) is 5.54 Å². The van der Waals surface area contributed by atoms with E-state index in [1.807, 2.05) is 35.9 Å². The maximum absolute atomic E-state index is 6.03. The summed E-state index contributed by atoms with van der Waals surface area (Å²) in [5.41, 5.74) is 1.49. The zero-order chi connectivity index (χ0) is 14.4. The lowest BCUT2D eigenvalue weighted by atomic mass is 10.3. The summed E-state index contributed by atoms with van der Waals surface area (Å²) in [6.07, 6.45) is 1.85. The summed E-state index contributed by atoms with van der Waals surface area (Å²) in [6.45, 7) is 0.319. The largest absolute Gasteiger partial charge is 0.484 e. The lowest BCUT2D eigenvalue weighted by Crippen LogP contribution is -2.04. The minimum Gasteiger partial charge on any atom is -0.484 e. The van der Waals surface area contributed by atoms with Gasteiger partial charge in [0.05, 0.1) is 5.02 Å². The zero-order valence-electron chi connectivity index (χ0n) is 10.8. The Bertz CT molecular complexity index is 601. The lowest BCUT2D eigenvalue weighted by Gasteiger charge is -2.07. The Hall–Kier alpha value is -1.17. The van der Waals surface area contributed by atoms with E-state index in [2.05, 4.69) is 10.2 Å². The molecular weight excluding hydrogens is 317 g/mol. The van der Waals surface area contributed by atoms with Crippen molar-refractivity contribution in [2.75, 3.05) is 5.75 Å². The molecular formula is C13H13Cl2N3OS. The van der Waals surface area contributed by atoms with E-state index < -0.39 is 0 Å². The van der Waals surface area contributed by atoms with Crippen LogP contribution in [0.1, 0.15) is 5.82 Å². The van der Waals surface area contributed by atoms with Crippen LogP contribution in [0, 0.1) is 0 Å². The summed E-state index contributed by atoms with van der Waals surface area (Å²) in [4.78, 5) is 0. The van der Waals surface area contributed by atoms with Gasteiger partial charge in [-0.1, -0.05) is 53.2 Å². The number of para-hydroxylation sites is 1. The summed E-state index contributed by atoms with van der Waals surface area (Å²) in [6, 6.07) is 7.33. The minimum absolute atomic E-state index is 0.319. The normalized spacial score (nSPS) is 11.2. The molecule has 0 saturated carbocycles. The molecule has 1 heterocycles. The molecule has 1 aromatic heterocycles. The van der Waals surface area contributed by atoms with E-state index in [1.54, 1.807) is 17.8 Å². The molecule has 0 aliphatic carbocycles. The SMILES string of the molecule is Cn1c(COc2ccccc2Cl)nnc1SCC=CCl. The Morgan fingerprint density at radius 3 is 2.90 bits per heavy atom. The maximum Gasteiger partial charge on any atom is 0.191 e. The molecule has 2 rings (SSSR count). The fraction of sp³-hybridized carbons (Fsp3) is 0.231. The van der Waals surface area contributed by atoms with Crippen LogP contribution in [-0.2, 0) is 13.7 Å². The number of thioether (sulfide) groups is 1. The van der Waals surface area contributed by atoms with Crippen LogP contribution in [0.15, 0.2) is 41.0 Å². The molecule has 4 nitrogen and oxygen atoms in total. The van der Waals surface area contributed by atoms with E-state index in [0.717, 1.165) is 16.7 Å². The van der Waals surface area contributed by atoms with Gasteiger partial charge in [0.2, 0.25) is 0 Å². The third kappa shape index (κ3) is 3.91.